The number of carbonyl (C=O) groups excluding carboxylic acids is 2. The lowest BCUT2D eigenvalue weighted by molar-refractivity contribution is 0.0780. The van der Waals surface area contributed by atoms with E-state index in [1.54, 1.807) is 24.5 Å². The first-order valence-corrected chi connectivity index (χ1v) is 11.6. The van der Waals surface area contributed by atoms with Gasteiger partial charge in [0.05, 0.1) is 36.2 Å². The highest BCUT2D eigenvalue weighted by atomic mass is 16.5. The molecule has 33 heavy (non-hydrogen) atoms. The van der Waals surface area contributed by atoms with Gasteiger partial charge in [0.25, 0.3) is 5.91 Å². The van der Waals surface area contributed by atoms with Crippen LogP contribution in [-0.2, 0) is 17.9 Å². The van der Waals surface area contributed by atoms with E-state index in [-0.39, 0.29) is 23.7 Å². The third-order valence-electron chi connectivity index (χ3n) is 6.24. The Morgan fingerprint density at radius 2 is 1.85 bits per heavy atom. The van der Waals surface area contributed by atoms with Gasteiger partial charge >= 0.3 is 0 Å². The summed E-state index contributed by atoms with van der Waals surface area (Å²) in [6.07, 6.45) is 5.26. The predicted octanol–water partition coefficient (Wildman–Crippen LogP) is 4.46. The minimum atomic E-state index is -0.305. The summed E-state index contributed by atoms with van der Waals surface area (Å²) in [6, 6.07) is 13.3. The number of benzene rings is 1. The molecule has 1 amide bonds. The summed E-state index contributed by atoms with van der Waals surface area (Å²) < 4.78 is 7.59. The van der Waals surface area contributed by atoms with Gasteiger partial charge < -0.3 is 14.6 Å². The van der Waals surface area contributed by atoms with Crippen molar-refractivity contribution in [3.05, 3.63) is 83.2 Å². The summed E-state index contributed by atoms with van der Waals surface area (Å²) in [4.78, 5) is 35.2. The number of nitrogens with one attached hydrogen (secondary N) is 1. The number of ketones is 1. The molecular weight excluding hydrogens is 416 g/mol. The van der Waals surface area contributed by atoms with Gasteiger partial charge in [0, 0.05) is 25.4 Å². The Bertz CT molecular complexity index is 1010. The lowest BCUT2D eigenvalue weighted by Gasteiger charge is -2.21. The van der Waals surface area contributed by atoms with Crippen molar-refractivity contribution < 1.29 is 14.3 Å². The van der Waals surface area contributed by atoms with Gasteiger partial charge in [-0.1, -0.05) is 44.2 Å². The van der Waals surface area contributed by atoms with Gasteiger partial charge in [-0.25, -0.2) is 9.97 Å². The first-order chi connectivity index (χ1) is 16.1. The molecule has 0 unspecified atom stereocenters. The summed E-state index contributed by atoms with van der Waals surface area (Å²) in [5, 5.41) is 3.04. The molecule has 2 aromatic heterocycles. The summed E-state index contributed by atoms with van der Waals surface area (Å²) in [6.45, 7) is 5.47. The average molecular weight is 447 g/mol. The molecule has 1 aliphatic rings. The number of hydrogen-bond donors (Lipinski definition) is 1. The van der Waals surface area contributed by atoms with Crippen molar-refractivity contribution >= 4 is 11.7 Å². The van der Waals surface area contributed by atoms with Crippen LogP contribution in [0.1, 0.15) is 83.0 Å². The first kappa shape index (κ1) is 22.9. The number of amides is 1. The van der Waals surface area contributed by atoms with Crippen LogP contribution in [0.3, 0.4) is 0 Å². The first-order valence-electron chi connectivity index (χ1n) is 11.6. The van der Waals surface area contributed by atoms with Crippen LogP contribution in [-0.4, -0.2) is 32.8 Å². The molecule has 0 radical (unpaired) electrons. The fraction of sp³-hybridized carbons (Fsp3) is 0.385. The zero-order valence-electron chi connectivity index (χ0n) is 19.2. The maximum absolute atomic E-state index is 13.4. The number of aromatic nitrogens is 3. The quantitative estimate of drug-likeness (QED) is 0.491. The molecule has 172 valence electrons. The second-order valence-corrected chi connectivity index (χ2v) is 8.28. The maximum Gasteiger partial charge on any atom is 0.253 e. The second kappa shape index (κ2) is 10.5. The number of carbonyl (C=O) groups is 2. The third-order valence-corrected chi connectivity index (χ3v) is 6.24. The molecule has 0 bridgehead atoms. The molecule has 2 atom stereocenters. The molecule has 4 rings (SSSR count). The molecule has 3 aromatic rings. The van der Waals surface area contributed by atoms with Gasteiger partial charge in [0.15, 0.2) is 5.78 Å². The Morgan fingerprint density at radius 1 is 1.09 bits per heavy atom. The Kier molecular flexibility index (Phi) is 7.29. The van der Waals surface area contributed by atoms with Crippen LogP contribution in [0.25, 0.3) is 0 Å². The van der Waals surface area contributed by atoms with Crippen molar-refractivity contribution in [2.45, 2.75) is 58.2 Å². The minimum Gasteiger partial charge on any atom is -0.373 e. The lowest BCUT2D eigenvalue weighted by Crippen LogP contribution is -2.30. The van der Waals surface area contributed by atoms with Crippen molar-refractivity contribution in [1.82, 2.24) is 19.9 Å². The van der Waals surface area contributed by atoms with Crippen molar-refractivity contribution in [2.24, 2.45) is 0 Å². The highest BCUT2D eigenvalue weighted by Crippen LogP contribution is 2.28. The van der Waals surface area contributed by atoms with E-state index >= 15 is 0 Å². The normalized spacial score (nSPS) is 14.8. The molecule has 0 aliphatic carbocycles. The summed E-state index contributed by atoms with van der Waals surface area (Å²) in [5.74, 6) is 0.522. The zero-order valence-corrected chi connectivity index (χ0v) is 19.2. The molecule has 1 aromatic carbocycles. The van der Waals surface area contributed by atoms with Gasteiger partial charge in [-0.15, -0.1) is 0 Å². The molecular formula is C26H30N4O3. The molecule has 1 N–H and O–H groups in total. The van der Waals surface area contributed by atoms with Crippen LogP contribution in [0.5, 0.6) is 0 Å². The predicted molar refractivity (Wildman–Crippen MR) is 125 cm³/mol. The topological polar surface area (TPSA) is 86.1 Å². The fourth-order valence-electron chi connectivity index (χ4n) is 4.38. The molecule has 7 heteroatoms. The van der Waals surface area contributed by atoms with Crippen molar-refractivity contribution in [2.75, 3.05) is 6.61 Å². The van der Waals surface area contributed by atoms with E-state index in [1.165, 1.54) is 0 Å². The van der Waals surface area contributed by atoms with Crippen molar-refractivity contribution in [1.29, 1.82) is 0 Å². The number of hydrogen-bond acceptors (Lipinski definition) is 5. The van der Waals surface area contributed by atoms with Gasteiger partial charge in [0.2, 0.25) is 0 Å². The second-order valence-electron chi connectivity index (χ2n) is 8.28. The van der Waals surface area contributed by atoms with Gasteiger partial charge in [-0.05, 0) is 36.5 Å². The SMILES string of the molecule is CC[C@H](CC(=O)c1cc(C(=O)N[C@H](CC)c2ncccn2)c2n1CCOC2)c1ccccc1. The monoisotopic (exact) mass is 446 g/mol. The van der Waals surface area contributed by atoms with Crippen molar-refractivity contribution in [3.8, 4) is 0 Å². The van der Waals surface area contributed by atoms with E-state index in [1.807, 2.05) is 29.7 Å². The van der Waals surface area contributed by atoms with E-state index in [2.05, 4.69) is 34.3 Å². The Hall–Kier alpha value is -3.32. The molecule has 0 spiro atoms. The van der Waals surface area contributed by atoms with Crippen LogP contribution in [0, 0.1) is 0 Å². The largest absolute Gasteiger partial charge is 0.373 e. The summed E-state index contributed by atoms with van der Waals surface area (Å²) in [7, 11) is 0. The number of rotatable bonds is 9. The molecule has 0 fully saturated rings. The smallest absolute Gasteiger partial charge is 0.253 e. The molecule has 0 saturated carbocycles. The van der Waals surface area contributed by atoms with E-state index in [4.69, 9.17) is 4.74 Å². The number of Topliss-reactive ketones (excluding diaryl/α,β-unsaturated/α-hetero) is 1. The van der Waals surface area contributed by atoms with Crippen LogP contribution >= 0.6 is 0 Å². The summed E-state index contributed by atoms with van der Waals surface area (Å²) in [5.41, 5.74) is 2.98. The molecule has 3 heterocycles. The van der Waals surface area contributed by atoms with Crippen LogP contribution in [0.4, 0.5) is 0 Å². The van der Waals surface area contributed by atoms with Crippen LogP contribution < -0.4 is 5.32 Å². The van der Waals surface area contributed by atoms with E-state index in [0.717, 1.165) is 17.7 Å². The Morgan fingerprint density at radius 3 is 2.55 bits per heavy atom. The Labute approximate surface area is 194 Å². The van der Waals surface area contributed by atoms with Crippen LogP contribution in [0.15, 0.2) is 54.9 Å². The van der Waals surface area contributed by atoms with E-state index in [9.17, 15) is 9.59 Å². The lowest BCUT2D eigenvalue weighted by atomic mass is 9.90. The summed E-state index contributed by atoms with van der Waals surface area (Å²) >= 11 is 0. The average Bonchev–Trinajstić information content (AvgIpc) is 3.26. The highest BCUT2D eigenvalue weighted by Gasteiger charge is 2.28. The Balaban J connectivity index is 1.58. The van der Waals surface area contributed by atoms with Crippen LogP contribution in [0.2, 0.25) is 0 Å². The number of nitrogens with zero attached hydrogens (tertiary/aromatic N) is 3. The third kappa shape index (κ3) is 5.03. The van der Waals surface area contributed by atoms with Gasteiger partial charge in [-0.2, -0.15) is 0 Å². The highest BCUT2D eigenvalue weighted by molar-refractivity contribution is 6.01. The van der Waals surface area contributed by atoms with E-state index in [0.29, 0.717) is 49.7 Å². The number of ether oxygens (including phenoxy) is 1. The fourth-order valence-corrected chi connectivity index (χ4v) is 4.38. The van der Waals surface area contributed by atoms with E-state index < -0.39 is 0 Å². The maximum atomic E-state index is 13.4. The van der Waals surface area contributed by atoms with Crippen molar-refractivity contribution in [3.63, 3.8) is 0 Å². The van der Waals surface area contributed by atoms with Gasteiger partial charge in [-0.3, -0.25) is 9.59 Å². The number of fused-ring (bicyclic) bond motifs is 1. The van der Waals surface area contributed by atoms with Gasteiger partial charge in [0.1, 0.15) is 5.82 Å². The minimum absolute atomic E-state index is 0.0475. The molecule has 1 aliphatic heterocycles. The standard InChI is InChI=1S/C26H30N4O3/c1-3-18(19-9-6-5-7-10-19)15-24(31)22-16-20(23-17-33-14-13-30(22)23)26(32)29-21(4-2)25-27-11-8-12-28-25/h5-12,16,18,21H,3-4,13-15,17H2,1-2H3,(H,29,32)/t18-,21-/m1/s1. The zero-order chi connectivity index (χ0) is 23.2. The molecule has 0 saturated heterocycles. The molecule has 7 nitrogen and oxygen atoms in total.